The molecule has 2 heteroatoms. The molecule has 54 valence electrons. The summed E-state index contributed by atoms with van der Waals surface area (Å²) in [4.78, 5) is 0. The van der Waals surface area contributed by atoms with Crippen LogP contribution in [0.15, 0.2) is 0 Å². The monoisotopic (exact) mass is 130 g/mol. The molecule has 0 bridgehead atoms. The van der Waals surface area contributed by atoms with Gasteiger partial charge in [-0.1, -0.05) is 0 Å². The van der Waals surface area contributed by atoms with Crippen LogP contribution < -0.4 is 5.32 Å². The molecule has 0 aromatic rings. The van der Waals surface area contributed by atoms with Gasteiger partial charge in [0.2, 0.25) is 0 Å². The van der Waals surface area contributed by atoms with Crippen LogP contribution in [0, 0.1) is 0 Å². The third-order valence-corrected chi connectivity index (χ3v) is 2.01. The van der Waals surface area contributed by atoms with Crippen LogP contribution in [0.4, 0.5) is 0 Å². The van der Waals surface area contributed by atoms with Gasteiger partial charge < -0.3 is 10.4 Å². The first kappa shape index (κ1) is 7.03. The van der Waals surface area contributed by atoms with Crippen LogP contribution in [0.5, 0.6) is 0 Å². The average molecular weight is 130 g/mol. The van der Waals surface area contributed by atoms with Gasteiger partial charge in [0.15, 0.2) is 0 Å². The lowest BCUT2D eigenvalue weighted by molar-refractivity contribution is -0.689. The van der Waals surface area contributed by atoms with E-state index < -0.39 is 0 Å². The summed E-state index contributed by atoms with van der Waals surface area (Å²) in [6.45, 7) is 1.57. The Morgan fingerprint density at radius 1 is 1.33 bits per heavy atom. The molecule has 0 spiro atoms. The Balaban J connectivity index is 2.18. The zero-order valence-corrected chi connectivity index (χ0v) is 5.84. The van der Waals surface area contributed by atoms with Crippen molar-refractivity contribution in [2.75, 3.05) is 13.2 Å². The van der Waals surface area contributed by atoms with Gasteiger partial charge in [-0.05, 0) is 19.3 Å². The van der Waals surface area contributed by atoms with Gasteiger partial charge in [-0.2, -0.15) is 0 Å². The van der Waals surface area contributed by atoms with Gasteiger partial charge in [0, 0.05) is 6.42 Å². The summed E-state index contributed by atoms with van der Waals surface area (Å²) in [5.41, 5.74) is 0. The fourth-order valence-corrected chi connectivity index (χ4v) is 1.36. The predicted molar refractivity (Wildman–Crippen MR) is 36.1 cm³/mol. The SMILES string of the molecule is OC[C@@H]1CCCCC[NH2+]1. The largest absolute Gasteiger partial charge is 0.390 e. The minimum Gasteiger partial charge on any atom is -0.390 e. The summed E-state index contributed by atoms with van der Waals surface area (Å²) in [5, 5.41) is 11.1. The van der Waals surface area contributed by atoms with Crippen molar-refractivity contribution in [2.45, 2.75) is 31.7 Å². The quantitative estimate of drug-likeness (QED) is 0.492. The number of aliphatic hydroxyl groups is 1. The van der Waals surface area contributed by atoms with Gasteiger partial charge >= 0.3 is 0 Å². The molecule has 1 heterocycles. The number of hydrogen-bond donors (Lipinski definition) is 2. The molecule has 1 aliphatic heterocycles. The number of rotatable bonds is 1. The van der Waals surface area contributed by atoms with Crippen LogP contribution in [-0.2, 0) is 0 Å². The first-order valence-electron chi connectivity index (χ1n) is 3.87. The van der Waals surface area contributed by atoms with E-state index in [0.29, 0.717) is 12.6 Å². The molecule has 0 aromatic carbocycles. The molecular weight excluding hydrogens is 114 g/mol. The Bertz CT molecular complexity index is 67.3. The van der Waals surface area contributed by atoms with Crippen molar-refractivity contribution in [1.29, 1.82) is 0 Å². The van der Waals surface area contributed by atoms with Crippen LogP contribution >= 0.6 is 0 Å². The standard InChI is InChI=1S/C7H15NO/c9-6-7-4-2-1-3-5-8-7/h7-9H,1-6H2/p+1/t7-/m0/s1. The second-order valence-corrected chi connectivity index (χ2v) is 2.82. The summed E-state index contributed by atoms with van der Waals surface area (Å²) in [6, 6.07) is 0.507. The van der Waals surface area contributed by atoms with Crippen LogP contribution in [0.2, 0.25) is 0 Å². The lowest BCUT2D eigenvalue weighted by Gasteiger charge is -2.06. The van der Waals surface area contributed by atoms with E-state index in [1.807, 2.05) is 0 Å². The molecule has 3 N–H and O–H groups in total. The molecule has 1 saturated heterocycles. The second-order valence-electron chi connectivity index (χ2n) is 2.82. The molecular formula is C7H16NO+. The summed E-state index contributed by atoms with van der Waals surface area (Å²) in [6.07, 6.45) is 5.20. The van der Waals surface area contributed by atoms with E-state index in [2.05, 4.69) is 5.32 Å². The van der Waals surface area contributed by atoms with Gasteiger partial charge in [0.05, 0.1) is 13.2 Å². The van der Waals surface area contributed by atoms with Gasteiger partial charge in [-0.15, -0.1) is 0 Å². The Hall–Kier alpha value is -0.0800. The van der Waals surface area contributed by atoms with E-state index in [0.717, 1.165) is 0 Å². The Labute approximate surface area is 56.3 Å². The Morgan fingerprint density at radius 3 is 3.00 bits per heavy atom. The van der Waals surface area contributed by atoms with Gasteiger partial charge in [0.25, 0.3) is 0 Å². The van der Waals surface area contributed by atoms with E-state index in [9.17, 15) is 0 Å². The van der Waals surface area contributed by atoms with Gasteiger partial charge in [-0.3, -0.25) is 0 Å². The van der Waals surface area contributed by atoms with Crippen LogP contribution in [0.25, 0.3) is 0 Å². The lowest BCUT2D eigenvalue weighted by Crippen LogP contribution is -2.90. The zero-order chi connectivity index (χ0) is 6.53. The summed E-state index contributed by atoms with van der Waals surface area (Å²) < 4.78 is 0. The smallest absolute Gasteiger partial charge is 0.109 e. The molecule has 1 fully saturated rings. The fraction of sp³-hybridized carbons (Fsp3) is 1.00. The first-order valence-corrected chi connectivity index (χ1v) is 3.87. The molecule has 1 aliphatic rings. The number of nitrogens with two attached hydrogens (primary N) is 1. The number of hydrogen-bond acceptors (Lipinski definition) is 1. The summed E-state index contributed by atoms with van der Waals surface area (Å²) in [7, 11) is 0. The van der Waals surface area contributed by atoms with Crippen LogP contribution in [0.3, 0.4) is 0 Å². The highest BCUT2D eigenvalue weighted by atomic mass is 16.3. The van der Waals surface area contributed by atoms with Crippen molar-refractivity contribution < 1.29 is 10.4 Å². The third kappa shape index (κ3) is 2.33. The molecule has 0 aromatic heterocycles. The van der Waals surface area contributed by atoms with Crippen molar-refractivity contribution in [2.24, 2.45) is 0 Å². The molecule has 1 rings (SSSR count). The molecule has 0 radical (unpaired) electrons. The second kappa shape index (κ2) is 3.85. The molecule has 9 heavy (non-hydrogen) atoms. The van der Waals surface area contributed by atoms with Crippen molar-refractivity contribution in [3.8, 4) is 0 Å². The molecule has 2 nitrogen and oxygen atoms in total. The van der Waals surface area contributed by atoms with Gasteiger partial charge in [-0.25, -0.2) is 0 Å². The number of aliphatic hydroxyl groups excluding tert-OH is 1. The highest BCUT2D eigenvalue weighted by Crippen LogP contribution is 2.02. The van der Waals surface area contributed by atoms with E-state index in [4.69, 9.17) is 5.11 Å². The molecule has 0 amide bonds. The fourth-order valence-electron chi connectivity index (χ4n) is 1.36. The van der Waals surface area contributed by atoms with E-state index in [1.54, 1.807) is 0 Å². The lowest BCUT2D eigenvalue weighted by atomic mass is 10.1. The highest BCUT2D eigenvalue weighted by Gasteiger charge is 2.12. The van der Waals surface area contributed by atoms with E-state index >= 15 is 0 Å². The van der Waals surface area contributed by atoms with Crippen molar-refractivity contribution in [1.82, 2.24) is 0 Å². The van der Waals surface area contributed by atoms with E-state index in [-0.39, 0.29) is 0 Å². The maximum absolute atomic E-state index is 8.78. The van der Waals surface area contributed by atoms with E-state index in [1.165, 1.54) is 32.2 Å². The Kier molecular flexibility index (Phi) is 3.01. The maximum Gasteiger partial charge on any atom is 0.109 e. The van der Waals surface area contributed by atoms with Crippen LogP contribution in [-0.4, -0.2) is 24.3 Å². The van der Waals surface area contributed by atoms with Gasteiger partial charge in [0.1, 0.15) is 6.04 Å². The molecule has 0 saturated carbocycles. The van der Waals surface area contributed by atoms with Crippen molar-refractivity contribution >= 4 is 0 Å². The summed E-state index contributed by atoms with van der Waals surface area (Å²) >= 11 is 0. The minimum atomic E-state index is 0.361. The zero-order valence-electron chi connectivity index (χ0n) is 5.84. The van der Waals surface area contributed by atoms with Crippen LogP contribution in [0.1, 0.15) is 25.7 Å². The molecule has 1 atom stereocenters. The van der Waals surface area contributed by atoms with Crippen molar-refractivity contribution in [3.05, 3.63) is 0 Å². The minimum absolute atomic E-state index is 0.361. The maximum atomic E-state index is 8.78. The third-order valence-electron chi connectivity index (χ3n) is 2.01. The topological polar surface area (TPSA) is 36.8 Å². The number of quaternary nitrogens is 1. The average Bonchev–Trinajstić information content (AvgIpc) is 2.13. The molecule has 0 aliphatic carbocycles. The first-order chi connectivity index (χ1) is 4.43. The van der Waals surface area contributed by atoms with Crippen molar-refractivity contribution in [3.63, 3.8) is 0 Å². The Morgan fingerprint density at radius 2 is 2.22 bits per heavy atom. The predicted octanol–water partition coefficient (Wildman–Crippen LogP) is -0.515. The normalized spacial score (nSPS) is 29.7. The molecule has 0 unspecified atom stereocenters. The summed E-state index contributed by atoms with van der Waals surface area (Å²) in [5.74, 6) is 0. The highest BCUT2D eigenvalue weighted by molar-refractivity contribution is 4.55.